The average Bonchev–Trinajstić information content (AvgIpc) is 2.72. The molecule has 3 N–H and O–H groups in total. The molecule has 4 aromatic carbocycles. The van der Waals surface area contributed by atoms with Crippen LogP contribution >= 0.6 is 7.92 Å². The number of para-hydroxylation sites is 2. The third kappa shape index (κ3) is 4.02. The monoisotopic (exact) mass is 368 g/mol. The van der Waals surface area contributed by atoms with Gasteiger partial charge in [0, 0.05) is 5.69 Å². The van der Waals surface area contributed by atoms with Crippen molar-refractivity contribution in [1.29, 1.82) is 0 Å². The molecule has 0 aliphatic heterocycles. The van der Waals surface area contributed by atoms with Gasteiger partial charge >= 0.3 is 0 Å². The highest BCUT2D eigenvalue weighted by Gasteiger charge is 2.16. The summed E-state index contributed by atoms with van der Waals surface area (Å²) in [4.78, 5) is 0. The van der Waals surface area contributed by atoms with E-state index in [4.69, 9.17) is 5.73 Å². The van der Waals surface area contributed by atoms with Gasteiger partial charge in [-0.05, 0) is 48.1 Å². The van der Waals surface area contributed by atoms with E-state index in [2.05, 4.69) is 90.2 Å². The van der Waals surface area contributed by atoms with Crippen LogP contribution in [0.2, 0.25) is 0 Å². The zero-order valence-electron chi connectivity index (χ0n) is 14.9. The van der Waals surface area contributed by atoms with Crippen LogP contribution in [0.4, 0.5) is 17.1 Å². The summed E-state index contributed by atoms with van der Waals surface area (Å²) in [6.45, 7) is 0. The zero-order valence-corrected chi connectivity index (χ0v) is 15.8. The molecular formula is C24H21N2P. The molecule has 0 saturated heterocycles. The smallest absolute Gasteiger partial charge is 0.0617 e. The quantitative estimate of drug-likeness (QED) is 0.393. The number of anilines is 3. The summed E-state index contributed by atoms with van der Waals surface area (Å²) in [5, 5.41) is 7.45. The van der Waals surface area contributed by atoms with E-state index in [9.17, 15) is 0 Å². The molecule has 0 spiro atoms. The van der Waals surface area contributed by atoms with Crippen LogP contribution in [0.15, 0.2) is 109 Å². The molecule has 0 aliphatic carbocycles. The zero-order chi connectivity index (χ0) is 18.5. The molecule has 0 fully saturated rings. The topological polar surface area (TPSA) is 38.0 Å². The molecule has 0 heterocycles. The second kappa shape index (κ2) is 8.07. The van der Waals surface area contributed by atoms with Crippen molar-refractivity contribution in [3.63, 3.8) is 0 Å². The van der Waals surface area contributed by atoms with Gasteiger partial charge in [0.05, 0.1) is 11.4 Å². The Balaban J connectivity index is 1.74. The van der Waals surface area contributed by atoms with Crippen LogP contribution in [0.25, 0.3) is 0 Å². The Morgan fingerprint density at radius 1 is 0.556 bits per heavy atom. The Kier molecular flexibility index (Phi) is 5.18. The van der Waals surface area contributed by atoms with E-state index in [0.29, 0.717) is 0 Å². The highest BCUT2D eigenvalue weighted by molar-refractivity contribution is 7.79. The Morgan fingerprint density at radius 2 is 1.11 bits per heavy atom. The second-order valence-corrected chi connectivity index (χ2v) is 8.49. The van der Waals surface area contributed by atoms with E-state index >= 15 is 0 Å². The normalized spacial score (nSPS) is 10.7. The van der Waals surface area contributed by atoms with E-state index in [-0.39, 0.29) is 0 Å². The van der Waals surface area contributed by atoms with E-state index in [1.165, 1.54) is 15.9 Å². The van der Waals surface area contributed by atoms with Crippen molar-refractivity contribution < 1.29 is 0 Å². The molecule has 132 valence electrons. The van der Waals surface area contributed by atoms with Gasteiger partial charge in [0.15, 0.2) is 0 Å². The summed E-state index contributed by atoms with van der Waals surface area (Å²) in [7, 11) is -0.616. The maximum absolute atomic E-state index is 6.09. The van der Waals surface area contributed by atoms with Crippen molar-refractivity contribution in [2.24, 2.45) is 0 Å². The number of rotatable bonds is 5. The van der Waals surface area contributed by atoms with Gasteiger partial charge in [-0.2, -0.15) is 0 Å². The van der Waals surface area contributed by atoms with Gasteiger partial charge < -0.3 is 11.1 Å². The molecule has 0 aromatic heterocycles. The molecule has 27 heavy (non-hydrogen) atoms. The fourth-order valence-electron chi connectivity index (χ4n) is 3.09. The molecule has 0 saturated carbocycles. The molecule has 0 bridgehead atoms. The molecule has 0 atom stereocenters. The largest absolute Gasteiger partial charge is 0.397 e. The summed E-state index contributed by atoms with van der Waals surface area (Å²) in [6.07, 6.45) is 0. The van der Waals surface area contributed by atoms with Crippen LogP contribution in [0, 0.1) is 0 Å². The second-order valence-electron chi connectivity index (χ2n) is 6.27. The summed E-state index contributed by atoms with van der Waals surface area (Å²) < 4.78 is 0. The number of nitrogens with two attached hydrogens (primary N) is 1. The lowest BCUT2D eigenvalue weighted by molar-refractivity contribution is 1.56. The van der Waals surface area contributed by atoms with Gasteiger partial charge in [-0.1, -0.05) is 84.9 Å². The Bertz CT molecular complexity index is 977. The van der Waals surface area contributed by atoms with Crippen molar-refractivity contribution in [1.82, 2.24) is 0 Å². The standard InChI is InChI=1S/C24H21N2P/c25-23-16-7-8-17-24(23)26-19-10-9-15-22(18-19)27(20-11-3-1-4-12-20)21-13-5-2-6-14-21/h1-18,26H,25H2. The lowest BCUT2D eigenvalue weighted by Gasteiger charge is -2.20. The first kappa shape index (κ1) is 17.3. The predicted molar refractivity (Wildman–Crippen MR) is 119 cm³/mol. The first-order valence-corrected chi connectivity index (χ1v) is 10.3. The molecule has 4 rings (SSSR count). The van der Waals surface area contributed by atoms with Crippen molar-refractivity contribution in [3.05, 3.63) is 109 Å². The highest BCUT2D eigenvalue weighted by Crippen LogP contribution is 2.34. The van der Waals surface area contributed by atoms with Gasteiger partial charge in [-0.3, -0.25) is 0 Å². The van der Waals surface area contributed by atoms with Gasteiger partial charge in [-0.15, -0.1) is 0 Å². The highest BCUT2D eigenvalue weighted by atomic mass is 31.1. The SMILES string of the molecule is Nc1ccccc1Nc1cccc(P(c2ccccc2)c2ccccc2)c1. The summed E-state index contributed by atoms with van der Waals surface area (Å²) >= 11 is 0. The van der Waals surface area contributed by atoms with Crippen LogP contribution in [0.5, 0.6) is 0 Å². The molecule has 2 nitrogen and oxygen atoms in total. The third-order valence-electron chi connectivity index (χ3n) is 4.37. The van der Waals surface area contributed by atoms with Crippen molar-refractivity contribution >= 4 is 40.9 Å². The number of hydrogen-bond donors (Lipinski definition) is 2. The van der Waals surface area contributed by atoms with E-state index < -0.39 is 7.92 Å². The molecule has 0 radical (unpaired) electrons. The van der Waals surface area contributed by atoms with Crippen LogP contribution in [0.1, 0.15) is 0 Å². The fraction of sp³-hybridized carbons (Fsp3) is 0. The lowest BCUT2D eigenvalue weighted by Crippen LogP contribution is -2.20. The summed E-state index contributed by atoms with van der Waals surface area (Å²) in [6, 6.07) is 37.9. The van der Waals surface area contributed by atoms with Crippen molar-refractivity contribution in [2.75, 3.05) is 11.1 Å². The fourth-order valence-corrected chi connectivity index (χ4v) is 5.43. The van der Waals surface area contributed by atoms with Gasteiger partial charge in [-0.25, -0.2) is 0 Å². The van der Waals surface area contributed by atoms with Crippen LogP contribution in [-0.2, 0) is 0 Å². The third-order valence-corrected chi connectivity index (χ3v) is 6.80. The van der Waals surface area contributed by atoms with Crippen molar-refractivity contribution in [3.8, 4) is 0 Å². The van der Waals surface area contributed by atoms with Crippen molar-refractivity contribution in [2.45, 2.75) is 0 Å². The average molecular weight is 368 g/mol. The Labute approximate surface area is 161 Å². The number of nitrogens with one attached hydrogen (secondary N) is 1. The van der Waals surface area contributed by atoms with Crippen LogP contribution in [0.3, 0.4) is 0 Å². The molecule has 0 aliphatic rings. The van der Waals surface area contributed by atoms with E-state index in [0.717, 1.165) is 17.1 Å². The maximum atomic E-state index is 6.09. The number of hydrogen-bond acceptors (Lipinski definition) is 2. The van der Waals surface area contributed by atoms with Gasteiger partial charge in [0.1, 0.15) is 0 Å². The number of nitrogen functional groups attached to an aromatic ring is 1. The lowest BCUT2D eigenvalue weighted by atomic mass is 10.2. The number of benzene rings is 4. The minimum Gasteiger partial charge on any atom is -0.397 e. The van der Waals surface area contributed by atoms with Gasteiger partial charge in [0.25, 0.3) is 0 Å². The minimum atomic E-state index is -0.616. The van der Waals surface area contributed by atoms with Gasteiger partial charge in [0.2, 0.25) is 0 Å². The Hall–Kier alpha value is -3.09. The Morgan fingerprint density at radius 3 is 1.74 bits per heavy atom. The molecular weight excluding hydrogens is 347 g/mol. The summed E-state index contributed by atoms with van der Waals surface area (Å²) in [5.74, 6) is 0. The minimum absolute atomic E-state index is 0.616. The predicted octanol–water partition coefficient (Wildman–Crippen LogP) is 4.77. The molecule has 0 unspecified atom stereocenters. The van der Waals surface area contributed by atoms with E-state index in [1.54, 1.807) is 0 Å². The van der Waals surface area contributed by atoms with Crippen LogP contribution in [-0.4, -0.2) is 0 Å². The van der Waals surface area contributed by atoms with E-state index in [1.807, 2.05) is 24.3 Å². The first-order chi connectivity index (χ1) is 13.3. The van der Waals surface area contributed by atoms with Crippen LogP contribution < -0.4 is 27.0 Å². The molecule has 0 amide bonds. The first-order valence-electron chi connectivity index (χ1n) is 8.93. The maximum Gasteiger partial charge on any atom is 0.0617 e. The summed E-state index contributed by atoms with van der Waals surface area (Å²) in [5.41, 5.74) is 8.81. The molecule has 3 heteroatoms. The molecule has 4 aromatic rings.